The minimum absolute atomic E-state index is 0.286. The standard InChI is InChI=1S/C13H24N2O4/c1-4-5-6-7-8-9-10-18-12(16)14-15-13(17)19-11(2)3/h11H,4-10H2,1-3H3. The maximum absolute atomic E-state index is 11.1. The molecule has 0 aliphatic rings. The van der Waals surface area contributed by atoms with E-state index in [-0.39, 0.29) is 6.10 Å². The molecule has 19 heavy (non-hydrogen) atoms. The van der Waals surface area contributed by atoms with E-state index in [1.54, 1.807) is 13.8 Å². The number of nitrogens with zero attached hydrogens (tertiary/aromatic N) is 2. The van der Waals surface area contributed by atoms with E-state index in [0.29, 0.717) is 6.61 Å². The average molecular weight is 272 g/mol. The summed E-state index contributed by atoms with van der Waals surface area (Å²) in [6.45, 7) is 5.84. The minimum atomic E-state index is -0.883. The molecule has 0 saturated carbocycles. The van der Waals surface area contributed by atoms with Crippen LogP contribution in [0.25, 0.3) is 0 Å². The monoisotopic (exact) mass is 272 g/mol. The second kappa shape index (κ2) is 11.6. The van der Waals surface area contributed by atoms with Crippen LogP contribution in [0.3, 0.4) is 0 Å². The Bertz CT molecular complexity index is 290. The zero-order valence-corrected chi connectivity index (χ0v) is 12.1. The number of hydrogen-bond acceptors (Lipinski definition) is 4. The van der Waals surface area contributed by atoms with Gasteiger partial charge in [-0.1, -0.05) is 49.3 Å². The first kappa shape index (κ1) is 17.5. The summed E-state index contributed by atoms with van der Waals surface area (Å²) in [6.07, 6.45) is 4.62. The van der Waals surface area contributed by atoms with E-state index >= 15 is 0 Å². The van der Waals surface area contributed by atoms with E-state index < -0.39 is 12.2 Å². The van der Waals surface area contributed by atoms with Crippen LogP contribution >= 0.6 is 0 Å². The lowest BCUT2D eigenvalue weighted by molar-refractivity contribution is 0.121. The molecular weight excluding hydrogens is 248 g/mol. The molecule has 0 aliphatic carbocycles. The van der Waals surface area contributed by atoms with Crippen molar-refractivity contribution in [3.8, 4) is 0 Å². The van der Waals surface area contributed by atoms with Crippen LogP contribution in [-0.4, -0.2) is 24.9 Å². The van der Waals surface area contributed by atoms with Gasteiger partial charge in [-0.3, -0.25) is 0 Å². The van der Waals surface area contributed by atoms with Gasteiger partial charge in [-0.25, -0.2) is 9.59 Å². The number of unbranched alkanes of at least 4 members (excludes halogenated alkanes) is 5. The van der Waals surface area contributed by atoms with Gasteiger partial charge in [0.2, 0.25) is 0 Å². The Morgan fingerprint density at radius 3 is 2.16 bits per heavy atom. The topological polar surface area (TPSA) is 77.3 Å². The second-order valence-corrected chi connectivity index (χ2v) is 4.51. The van der Waals surface area contributed by atoms with Crippen molar-refractivity contribution in [3.05, 3.63) is 0 Å². The molecule has 0 saturated heterocycles. The molecule has 0 unspecified atom stereocenters. The van der Waals surface area contributed by atoms with Gasteiger partial charge in [-0.2, -0.15) is 0 Å². The Morgan fingerprint density at radius 2 is 1.53 bits per heavy atom. The van der Waals surface area contributed by atoms with Crippen LogP contribution in [0.2, 0.25) is 0 Å². The van der Waals surface area contributed by atoms with Gasteiger partial charge in [-0.15, -0.1) is 0 Å². The van der Waals surface area contributed by atoms with E-state index in [4.69, 9.17) is 4.74 Å². The van der Waals surface area contributed by atoms with Crippen LogP contribution in [0.5, 0.6) is 0 Å². The molecule has 0 rings (SSSR count). The van der Waals surface area contributed by atoms with Crippen LogP contribution in [0, 0.1) is 0 Å². The highest BCUT2D eigenvalue weighted by Gasteiger charge is 2.05. The summed E-state index contributed by atoms with van der Waals surface area (Å²) in [6, 6.07) is 0. The largest absolute Gasteiger partial charge is 0.452 e. The zero-order valence-electron chi connectivity index (χ0n) is 12.1. The molecule has 0 bridgehead atoms. The fourth-order valence-corrected chi connectivity index (χ4v) is 1.38. The Labute approximate surface area is 114 Å². The molecule has 0 aromatic rings. The minimum Gasteiger partial charge on any atom is -0.447 e. The third kappa shape index (κ3) is 12.8. The summed E-state index contributed by atoms with van der Waals surface area (Å²) in [7, 11) is 0. The van der Waals surface area contributed by atoms with Crippen molar-refractivity contribution in [2.24, 2.45) is 10.2 Å². The first-order chi connectivity index (χ1) is 9.06. The molecule has 6 nitrogen and oxygen atoms in total. The summed E-state index contributed by atoms with van der Waals surface area (Å²) in [5.74, 6) is 0. The van der Waals surface area contributed by atoms with Crippen molar-refractivity contribution in [2.45, 2.75) is 65.4 Å². The molecule has 6 heteroatoms. The van der Waals surface area contributed by atoms with Crippen LogP contribution < -0.4 is 0 Å². The van der Waals surface area contributed by atoms with Crippen molar-refractivity contribution in [3.63, 3.8) is 0 Å². The molecule has 0 atom stereocenters. The van der Waals surface area contributed by atoms with Gasteiger partial charge in [0.05, 0.1) is 12.7 Å². The highest BCUT2D eigenvalue weighted by atomic mass is 16.6. The van der Waals surface area contributed by atoms with E-state index in [0.717, 1.165) is 19.3 Å². The molecule has 0 aromatic carbocycles. The van der Waals surface area contributed by atoms with E-state index in [1.165, 1.54) is 19.3 Å². The van der Waals surface area contributed by atoms with Gasteiger partial charge in [0.15, 0.2) is 0 Å². The zero-order chi connectivity index (χ0) is 14.5. The van der Waals surface area contributed by atoms with Gasteiger partial charge in [0, 0.05) is 0 Å². The number of carbonyl (C=O) groups excluding carboxylic acids is 2. The maximum Gasteiger partial charge on any atom is 0.452 e. The lowest BCUT2D eigenvalue weighted by atomic mass is 10.1. The lowest BCUT2D eigenvalue weighted by Crippen LogP contribution is -2.07. The SMILES string of the molecule is CCCCCCCCOC(=O)N=NC(=O)OC(C)C. The Balaban J connectivity index is 3.53. The maximum atomic E-state index is 11.1. The third-order valence-electron chi connectivity index (χ3n) is 2.27. The van der Waals surface area contributed by atoms with Gasteiger partial charge >= 0.3 is 12.2 Å². The van der Waals surface area contributed by atoms with Crippen LogP contribution in [0.15, 0.2) is 10.2 Å². The fraction of sp³-hybridized carbons (Fsp3) is 0.846. The first-order valence-electron chi connectivity index (χ1n) is 6.85. The van der Waals surface area contributed by atoms with Crippen LogP contribution in [0.1, 0.15) is 59.3 Å². The van der Waals surface area contributed by atoms with Crippen molar-refractivity contribution < 1.29 is 19.1 Å². The summed E-state index contributed by atoms with van der Waals surface area (Å²) < 4.78 is 9.47. The first-order valence-corrected chi connectivity index (χ1v) is 6.85. The van der Waals surface area contributed by atoms with Gasteiger partial charge in [-0.05, 0) is 20.3 Å². The van der Waals surface area contributed by atoms with E-state index in [9.17, 15) is 9.59 Å². The highest BCUT2D eigenvalue weighted by Crippen LogP contribution is 2.05. The smallest absolute Gasteiger partial charge is 0.447 e. The summed E-state index contributed by atoms with van der Waals surface area (Å²) in [5.41, 5.74) is 0. The number of rotatable bonds is 8. The molecule has 0 aliphatic heterocycles. The average Bonchev–Trinajstić information content (AvgIpc) is 2.34. The molecule has 0 aromatic heterocycles. The van der Waals surface area contributed by atoms with Crippen molar-refractivity contribution in [1.29, 1.82) is 0 Å². The van der Waals surface area contributed by atoms with Crippen LogP contribution in [0.4, 0.5) is 9.59 Å². The predicted molar refractivity (Wildman–Crippen MR) is 71.2 cm³/mol. The predicted octanol–water partition coefficient (Wildman–Crippen LogP) is 4.48. The number of ether oxygens (including phenoxy) is 2. The molecular formula is C13H24N2O4. The summed E-state index contributed by atoms with van der Waals surface area (Å²) in [4.78, 5) is 22.0. The lowest BCUT2D eigenvalue weighted by Gasteiger charge is -2.02. The summed E-state index contributed by atoms with van der Waals surface area (Å²) >= 11 is 0. The molecule has 0 radical (unpaired) electrons. The van der Waals surface area contributed by atoms with Crippen molar-refractivity contribution >= 4 is 12.2 Å². The molecule has 0 N–H and O–H groups in total. The van der Waals surface area contributed by atoms with Crippen LogP contribution in [-0.2, 0) is 9.47 Å². The normalized spacial score (nSPS) is 10.9. The van der Waals surface area contributed by atoms with E-state index in [1.807, 2.05) is 0 Å². The Hall–Kier alpha value is -1.46. The van der Waals surface area contributed by atoms with Gasteiger partial charge < -0.3 is 9.47 Å². The number of carbonyl (C=O) groups is 2. The molecule has 2 amide bonds. The summed E-state index contributed by atoms with van der Waals surface area (Å²) in [5, 5.41) is 6.21. The number of amides is 2. The van der Waals surface area contributed by atoms with Gasteiger partial charge in [0.1, 0.15) is 0 Å². The van der Waals surface area contributed by atoms with E-state index in [2.05, 4.69) is 21.9 Å². The third-order valence-corrected chi connectivity index (χ3v) is 2.27. The fourth-order valence-electron chi connectivity index (χ4n) is 1.38. The van der Waals surface area contributed by atoms with Gasteiger partial charge in [0.25, 0.3) is 0 Å². The molecule has 0 heterocycles. The Kier molecular flexibility index (Phi) is 10.7. The van der Waals surface area contributed by atoms with Crippen molar-refractivity contribution in [1.82, 2.24) is 0 Å². The molecule has 0 spiro atoms. The second-order valence-electron chi connectivity index (χ2n) is 4.51. The number of hydrogen-bond donors (Lipinski definition) is 0. The highest BCUT2D eigenvalue weighted by molar-refractivity contribution is 5.73. The Morgan fingerprint density at radius 1 is 0.947 bits per heavy atom. The molecule has 0 fully saturated rings. The molecule has 110 valence electrons. The number of azo groups is 1. The quantitative estimate of drug-likeness (QED) is 0.482. The van der Waals surface area contributed by atoms with Crippen molar-refractivity contribution in [2.75, 3.05) is 6.61 Å².